The van der Waals surface area contributed by atoms with Crippen LogP contribution in [0.4, 0.5) is 13.2 Å². The summed E-state index contributed by atoms with van der Waals surface area (Å²) in [5.41, 5.74) is -0.381. The first-order chi connectivity index (χ1) is 16.7. The minimum absolute atomic E-state index is 0.108. The third kappa shape index (κ3) is 6.41. The highest BCUT2D eigenvalue weighted by Crippen LogP contribution is 2.52. The molecule has 2 amide bonds. The van der Waals surface area contributed by atoms with Crippen LogP contribution in [0, 0.1) is 5.92 Å². The van der Waals surface area contributed by atoms with Crippen LogP contribution in [0.1, 0.15) is 37.3 Å². The van der Waals surface area contributed by atoms with Crippen molar-refractivity contribution in [2.24, 2.45) is 5.92 Å². The van der Waals surface area contributed by atoms with Crippen molar-refractivity contribution in [3.05, 3.63) is 74.7 Å². The summed E-state index contributed by atoms with van der Waals surface area (Å²) in [6.45, 7) is 2.78. The Labute approximate surface area is 221 Å². The molecule has 5 nitrogen and oxygen atoms in total. The second-order valence-electron chi connectivity index (χ2n) is 8.84. The number of alkyl halides is 3. The van der Waals surface area contributed by atoms with Gasteiger partial charge in [-0.25, -0.2) is 0 Å². The molecule has 0 heterocycles. The normalized spacial score (nSPS) is 20.3. The van der Waals surface area contributed by atoms with Gasteiger partial charge in [-0.3, -0.25) is 14.4 Å². The zero-order valence-corrected chi connectivity index (χ0v) is 21.4. The minimum Gasteiger partial charge on any atom is -0.344 e. The van der Waals surface area contributed by atoms with E-state index in [1.807, 2.05) is 0 Å². The minimum atomic E-state index is -5.13. The molecular weight excluding hydrogens is 540 g/mol. The summed E-state index contributed by atoms with van der Waals surface area (Å²) < 4.78 is 39.4. The molecule has 1 aliphatic carbocycles. The quantitative estimate of drug-likeness (QED) is 0.390. The summed E-state index contributed by atoms with van der Waals surface area (Å²) in [7, 11) is 0. The van der Waals surface area contributed by atoms with E-state index in [1.54, 1.807) is 36.4 Å². The van der Waals surface area contributed by atoms with E-state index in [-0.39, 0.29) is 11.4 Å². The van der Waals surface area contributed by atoms with Crippen LogP contribution in [0.15, 0.2) is 48.5 Å². The molecule has 3 rings (SSSR count). The molecule has 0 aromatic heterocycles. The van der Waals surface area contributed by atoms with Gasteiger partial charge in [0.2, 0.25) is 11.8 Å². The van der Waals surface area contributed by atoms with Crippen molar-refractivity contribution in [2.45, 2.75) is 43.9 Å². The maximum absolute atomic E-state index is 13.3. The van der Waals surface area contributed by atoms with Crippen LogP contribution >= 0.6 is 34.8 Å². The number of rotatable bonds is 8. The molecular formula is C25H22Cl3F3N2O3. The van der Waals surface area contributed by atoms with Crippen LogP contribution in [-0.4, -0.2) is 35.4 Å². The smallest absolute Gasteiger partial charge is 0.344 e. The monoisotopic (exact) mass is 560 g/mol. The summed E-state index contributed by atoms with van der Waals surface area (Å²) in [5.74, 6) is -5.02. The van der Waals surface area contributed by atoms with Crippen LogP contribution < -0.4 is 10.6 Å². The van der Waals surface area contributed by atoms with Crippen molar-refractivity contribution in [3.8, 4) is 0 Å². The maximum atomic E-state index is 13.3. The molecule has 0 aliphatic heterocycles. The molecule has 1 aliphatic rings. The number of halogens is 6. The Morgan fingerprint density at radius 3 is 2.33 bits per heavy atom. The highest BCUT2D eigenvalue weighted by atomic mass is 35.5. The highest BCUT2D eigenvalue weighted by Gasteiger charge is 2.62. The van der Waals surface area contributed by atoms with Gasteiger partial charge in [0.05, 0.1) is 16.1 Å². The third-order valence-corrected chi connectivity index (χ3v) is 6.82. The lowest BCUT2D eigenvalue weighted by atomic mass is 9.98. The first kappa shape index (κ1) is 28.0. The summed E-state index contributed by atoms with van der Waals surface area (Å²) in [6, 6.07) is 9.51. The maximum Gasteiger partial charge on any atom is 0.452 e. The van der Waals surface area contributed by atoms with E-state index in [0.29, 0.717) is 21.2 Å². The third-order valence-electron chi connectivity index (χ3n) is 5.85. The molecule has 2 aromatic carbocycles. The molecule has 0 spiro atoms. The van der Waals surface area contributed by atoms with E-state index in [4.69, 9.17) is 34.8 Å². The van der Waals surface area contributed by atoms with Crippen molar-refractivity contribution in [1.82, 2.24) is 10.6 Å². The van der Waals surface area contributed by atoms with Crippen LogP contribution in [0.5, 0.6) is 0 Å². The molecule has 1 saturated carbocycles. The number of hydrogen-bond donors (Lipinski definition) is 2. The van der Waals surface area contributed by atoms with Gasteiger partial charge < -0.3 is 10.6 Å². The van der Waals surface area contributed by atoms with Gasteiger partial charge in [0.15, 0.2) is 0 Å². The lowest BCUT2D eigenvalue weighted by molar-refractivity contribution is -0.175. The van der Waals surface area contributed by atoms with Crippen LogP contribution in [-0.2, 0) is 14.4 Å². The van der Waals surface area contributed by atoms with Crippen molar-refractivity contribution in [1.29, 1.82) is 0 Å². The van der Waals surface area contributed by atoms with E-state index in [1.165, 1.54) is 32.1 Å². The number of hydrogen-bond acceptors (Lipinski definition) is 3. The number of ketones is 1. The average Bonchev–Trinajstić information content (AvgIpc) is 3.52. The van der Waals surface area contributed by atoms with E-state index in [9.17, 15) is 27.6 Å². The average molecular weight is 562 g/mol. The van der Waals surface area contributed by atoms with Gasteiger partial charge in [-0.1, -0.05) is 66.8 Å². The number of nitrogens with one attached hydrogen (secondary N) is 2. The molecule has 0 saturated heterocycles. The summed E-state index contributed by atoms with van der Waals surface area (Å²) in [4.78, 5) is 38.0. The van der Waals surface area contributed by atoms with Crippen molar-refractivity contribution in [2.75, 3.05) is 0 Å². The largest absolute Gasteiger partial charge is 0.452 e. The number of amides is 2. The Balaban J connectivity index is 1.87. The Bertz CT molecular complexity index is 1220. The Morgan fingerprint density at radius 1 is 1.06 bits per heavy atom. The van der Waals surface area contributed by atoms with Crippen LogP contribution in [0.3, 0.4) is 0 Å². The molecule has 0 bridgehead atoms. The van der Waals surface area contributed by atoms with Gasteiger partial charge in [-0.2, -0.15) is 13.2 Å². The van der Waals surface area contributed by atoms with Crippen LogP contribution in [0.25, 0.3) is 6.08 Å². The molecule has 2 N–H and O–H groups in total. The zero-order chi connectivity index (χ0) is 26.8. The number of benzene rings is 2. The summed E-state index contributed by atoms with van der Waals surface area (Å²) in [5, 5.41) is 5.86. The van der Waals surface area contributed by atoms with E-state index in [0.717, 1.165) is 0 Å². The van der Waals surface area contributed by atoms with Crippen molar-refractivity contribution in [3.63, 3.8) is 0 Å². The van der Waals surface area contributed by atoms with Gasteiger partial charge in [-0.05, 0) is 53.8 Å². The summed E-state index contributed by atoms with van der Waals surface area (Å²) in [6.07, 6.45) is -2.40. The fraction of sp³-hybridized carbons (Fsp3) is 0.320. The Kier molecular flexibility index (Phi) is 8.43. The lowest BCUT2D eigenvalue weighted by Gasteiger charge is -2.26. The predicted molar refractivity (Wildman–Crippen MR) is 133 cm³/mol. The highest BCUT2D eigenvalue weighted by molar-refractivity contribution is 6.42. The number of Topliss-reactive ketones (excluding diaryl/α,β-unsaturated/α-hetero) is 1. The number of carbonyl (C=O) groups is 3. The first-order valence-corrected chi connectivity index (χ1v) is 12.0. The SMILES string of the molecule is CC(C)[C@H](NC(=O)C1(NC(=O)/C=C/c2ccc(Cl)c(Cl)c2)CC1c1cccc(Cl)c1)C(=O)C(F)(F)F. The van der Waals surface area contributed by atoms with E-state index >= 15 is 0 Å². The fourth-order valence-electron chi connectivity index (χ4n) is 3.87. The van der Waals surface area contributed by atoms with Gasteiger partial charge in [-0.15, -0.1) is 0 Å². The molecule has 2 unspecified atom stereocenters. The molecule has 36 heavy (non-hydrogen) atoms. The summed E-state index contributed by atoms with van der Waals surface area (Å²) >= 11 is 17.9. The number of carbonyl (C=O) groups excluding carboxylic acids is 3. The second-order valence-corrected chi connectivity index (χ2v) is 10.1. The topological polar surface area (TPSA) is 75.3 Å². The molecule has 192 valence electrons. The predicted octanol–water partition coefficient (Wildman–Crippen LogP) is 5.97. The first-order valence-electron chi connectivity index (χ1n) is 10.9. The Hall–Kier alpha value is -2.55. The molecule has 11 heteroatoms. The van der Waals surface area contributed by atoms with Gasteiger partial charge in [0.1, 0.15) is 5.54 Å². The molecule has 2 aromatic rings. The fourth-order valence-corrected chi connectivity index (χ4v) is 4.37. The zero-order valence-electron chi connectivity index (χ0n) is 19.1. The lowest BCUT2D eigenvalue weighted by Crippen LogP contribution is -2.57. The van der Waals surface area contributed by atoms with Gasteiger partial charge >= 0.3 is 6.18 Å². The van der Waals surface area contributed by atoms with Crippen LogP contribution in [0.2, 0.25) is 15.1 Å². The van der Waals surface area contributed by atoms with Gasteiger partial charge in [0, 0.05) is 17.0 Å². The van der Waals surface area contributed by atoms with E-state index < -0.39 is 47.2 Å². The standard InChI is InChI=1S/C25H22Cl3F3N2O3/c1-13(2)21(22(35)25(29,30)31)32-23(36)24(12-17(24)15-4-3-5-16(26)11-15)33-20(34)9-7-14-6-8-18(27)19(28)10-14/h3-11,13,17,21H,12H2,1-2H3,(H,32,36)(H,33,34)/b9-7+/t17?,21-,24?/m0/s1. The van der Waals surface area contributed by atoms with Crippen molar-refractivity contribution < 1.29 is 27.6 Å². The molecule has 1 fully saturated rings. The second kappa shape index (κ2) is 10.8. The Morgan fingerprint density at radius 2 is 1.75 bits per heavy atom. The molecule has 0 radical (unpaired) electrons. The van der Waals surface area contributed by atoms with Crippen molar-refractivity contribution >= 4 is 58.5 Å². The van der Waals surface area contributed by atoms with Gasteiger partial charge in [0.25, 0.3) is 5.78 Å². The molecule has 3 atom stereocenters. The van der Waals surface area contributed by atoms with E-state index in [2.05, 4.69) is 10.6 Å².